The van der Waals surface area contributed by atoms with E-state index in [9.17, 15) is 17.9 Å². The van der Waals surface area contributed by atoms with Gasteiger partial charge in [-0.25, -0.2) is 24.2 Å². The highest BCUT2D eigenvalue weighted by Gasteiger charge is 2.47. The maximum absolute atomic E-state index is 14.5. The molecule has 0 amide bonds. The second-order valence-corrected chi connectivity index (χ2v) is 7.21. The number of aliphatic hydroxyl groups excluding tert-OH is 1. The first-order chi connectivity index (χ1) is 11.7. The van der Waals surface area contributed by atoms with Crippen LogP contribution in [0.2, 0.25) is 0 Å². The van der Waals surface area contributed by atoms with Gasteiger partial charge in [0, 0.05) is 0 Å². The molecular weight excluding hydrogens is 379 g/mol. The molecule has 0 spiro atoms. The third-order valence-electron chi connectivity index (χ3n) is 3.61. The van der Waals surface area contributed by atoms with Gasteiger partial charge in [0.2, 0.25) is 0 Å². The van der Waals surface area contributed by atoms with Gasteiger partial charge in [0.1, 0.15) is 29.4 Å². The zero-order valence-corrected chi connectivity index (χ0v) is 14.4. The quantitative estimate of drug-likeness (QED) is 0.532. The monoisotopic (exact) mass is 394 g/mol. The summed E-state index contributed by atoms with van der Waals surface area (Å²) < 4.78 is 47.1. The molecule has 1 aliphatic rings. The SMILES string of the molecule is CSc1nn([C@@H]2O[C@@H](COS(N)(=O)=O)[C@@H](O)[C@@H]2F)c2ncnc(N)c12. The number of ether oxygens (including phenoxy) is 1. The number of nitrogen functional groups attached to an aromatic ring is 1. The average molecular weight is 394 g/mol. The second kappa shape index (κ2) is 6.62. The van der Waals surface area contributed by atoms with Crippen LogP contribution in [0.5, 0.6) is 0 Å². The van der Waals surface area contributed by atoms with Crippen molar-refractivity contribution >= 4 is 38.9 Å². The van der Waals surface area contributed by atoms with Gasteiger partial charge in [-0.2, -0.15) is 13.5 Å². The predicted octanol–water partition coefficient (Wildman–Crippen LogP) is -1.05. The van der Waals surface area contributed by atoms with Gasteiger partial charge >= 0.3 is 10.3 Å². The number of anilines is 1. The number of nitrogens with zero attached hydrogens (tertiary/aromatic N) is 4. The largest absolute Gasteiger partial charge is 0.387 e. The lowest BCUT2D eigenvalue weighted by Gasteiger charge is -2.14. The summed E-state index contributed by atoms with van der Waals surface area (Å²) in [5, 5.41) is 19.8. The van der Waals surface area contributed by atoms with Gasteiger partial charge in [-0.05, 0) is 6.26 Å². The van der Waals surface area contributed by atoms with Crippen molar-refractivity contribution < 1.29 is 26.8 Å². The van der Waals surface area contributed by atoms with Gasteiger partial charge in [-0.1, -0.05) is 0 Å². The second-order valence-electron chi connectivity index (χ2n) is 5.19. The van der Waals surface area contributed by atoms with E-state index in [0.717, 1.165) is 4.68 Å². The minimum absolute atomic E-state index is 0.170. The van der Waals surface area contributed by atoms with Crippen LogP contribution in [-0.4, -0.2) is 64.5 Å². The van der Waals surface area contributed by atoms with Gasteiger partial charge in [0.25, 0.3) is 0 Å². The van der Waals surface area contributed by atoms with Gasteiger partial charge in [0.15, 0.2) is 18.0 Å². The first kappa shape index (κ1) is 18.2. The molecule has 1 fully saturated rings. The molecule has 3 rings (SSSR count). The van der Waals surface area contributed by atoms with E-state index in [1.165, 1.54) is 18.1 Å². The van der Waals surface area contributed by atoms with Crippen molar-refractivity contribution in [2.45, 2.75) is 29.6 Å². The molecule has 0 bridgehead atoms. The Kier molecular flexibility index (Phi) is 4.82. The van der Waals surface area contributed by atoms with Crippen molar-refractivity contribution in [1.82, 2.24) is 19.7 Å². The summed E-state index contributed by atoms with van der Waals surface area (Å²) in [4.78, 5) is 7.92. The molecule has 2 aromatic rings. The summed E-state index contributed by atoms with van der Waals surface area (Å²) in [5.74, 6) is 0.170. The van der Waals surface area contributed by atoms with Crippen LogP contribution in [0.25, 0.3) is 11.0 Å². The third-order valence-corrected chi connectivity index (χ3v) is 4.75. The summed E-state index contributed by atoms with van der Waals surface area (Å²) in [6.07, 6.45) is -3.19. The van der Waals surface area contributed by atoms with Crippen LogP contribution in [0.3, 0.4) is 0 Å². The van der Waals surface area contributed by atoms with E-state index in [0.29, 0.717) is 10.4 Å². The van der Waals surface area contributed by atoms with Crippen molar-refractivity contribution in [2.75, 3.05) is 18.6 Å². The molecule has 1 saturated heterocycles. The number of halogens is 1. The highest BCUT2D eigenvalue weighted by Crippen LogP contribution is 2.36. The standard InChI is InChI=1S/C11H15FN6O5S2/c1-24-10-5-8(13)15-3-16-9(5)18(17-10)11-6(12)7(19)4(23-11)2-22-25(14,20)21/h3-4,6-7,11,19H,2H2,1H3,(H2,13,15,16)(H2,14,20,21)/t4-,6-,7+,11+/m0/s1. The van der Waals surface area contributed by atoms with Gasteiger partial charge in [-0.15, -0.1) is 11.8 Å². The lowest BCUT2D eigenvalue weighted by molar-refractivity contribution is -0.0456. The molecule has 138 valence electrons. The lowest BCUT2D eigenvalue weighted by atomic mass is 10.1. The molecule has 25 heavy (non-hydrogen) atoms. The number of hydrogen-bond donors (Lipinski definition) is 3. The van der Waals surface area contributed by atoms with Crippen LogP contribution >= 0.6 is 11.8 Å². The zero-order valence-electron chi connectivity index (χ0n) is 12.8. The van der Waals surface area contributed by atoms with E-state index < -0.39 is 41.5 Å². The molecule has 14 heteroatoms. The molecule has 11 nitrogen and oxygen atoms in total. The van der Waals surface area contributed by atoms with Crippen LogP contribution in [0.15, 0.2) is 11.4 Å². The fourth-order valence-corrected chi connectivity index (χ4v) is 3.38. The Morgan fingerprint density at radius 1 is 1.52 bits per heavy atom. The molecule has 0 saturated carbocycles. The molecule has 1 aliphatic heterocycles. The number of hydrogen-bond acceptors (Lipinski definition) is 10. The lowest BCUT2D eigenvalue weighted by Crippen LogP contribution is -2.33. The molecule has 0 aliphatic carbocycles. The molecule has 0 aromatic carbocycles. The molecular formula is C11H15FN6O5S2. The number of aromatic nitrogens is 4. The van der Waals surface area contributed by atoms with Crippen molar-refractivity contribution in [2.24, 2.45) is 5.14 Å². The highest BCUT2D eigenvalue weighted by atomic mass is 32.2. The Bertz CT molecular complexity index is 892. The number of alkyl halides is 1. The Labute approximate surface area is 145 Å². The zero-order chi connectivity index (χ0) is 18.4. The summed E-state index contributed by atoms with van der Waals surface area (Å²) in [5.41, 5.74) is 6.05. The number of aliphatic hydroxyl groups is 1. The molecule has 2 aromatic heterocycles. The van der Waals surface area contributed by atoms with Gasteiger partial charge in [0.05, 0.1) is 12.0 Å². The topological polar surface area (TPSA) is 168 Å². The van der Waals surface area contributed by atoms with Crippen LogP contribution in [0.4, 0.5) is 10.2 Å². The van der Waals surface area contributed by atoms with Crippen LogP contribution in [-0.2, 0) is 19.2 Å². The van der Waals surface area contributed by atoms with E-state index in [-0.39, 0.29) is 11.5 Å². The molecule has 0 radical (unpaired) electrons. The fraction of sp³-hybridized carbons (Fsp3) is 0.545. The van der Waals surface area contributed by atoms with Gasteiger partial charge < -0.3 is 15.6 Å². The van der Waals surface area contributed by atoms with Crippen molar-refractivity contribution in [1.29, 1.82) is 0 Å². The van der Waals surface area contributed by atoms with Crippen LogP contribution in [0.1, 0.15) is 6.23 Å². The predicted molar refractivity (Wildman–Crippen MR) is 85.4 cm³/mol. The Hall–Kier alpha value is -1.58. The first-order valence-corrected chi connectivity index (χ1v) is 9.60. The highest BCUT2D eigenvalue weighted by molar-refractivity contribution is 7.98. The Morgan fingerprint density at radius 2 is 2.24 bits per heavy atom. The maximum Gasteiger partial charge on any atom is 0.333 e. The first-order valence-electron chi connectivity index (χ1n) is 6.90. The average Bonchev–Trinajstić information content (AvgIpc) is 3.05. The fourth-order valence-electron chi connectivity index (χ4n) is 2.48. The summed E-state index contributed by atoms with van der Waals surface area (Å²) in [6.45, 7) is -0.636. The smallest absolute Gasteiger partial charge is 0.333 e. The van der Waals surface area contributed by atoms with Gasteiger partial charge in [-0.3, -0.25) is 4.18 Å². The van der Waals surface area contributed by atoms with E-state index in [1.807, 2.05) is 0 Å². The minimum Gasteiger partial charge on any atom is -0.387 e. The molecule has 0 unspecified atom stereocenters. The summed E-state index contributed by atoms with van der Waals surface area (Å²) in [7, 11) is -4.25. The Morgan fingerprint density at radius 3 is 2.88 bits per heavy atom. The Balaban J connectivity index is 1.94. The van der Waals surface area contributed by atoms with E-state index in [1.54, 1.807) is 6.26 Å². The minimum atomic E-state index is -4.25. The van der Waals surface area contributed by atoms with E-state index >= 15 is 0 Å². The van der Waals surface area contributed by atoms with E-state index in [4.69, 9.17) is 15.6 Å². The summed E-state index contributed by atoms with van der Waals surface area (Å²) in [6, 6.07) is 0. The number of rotatable bonds is 5. The van der Waals surface area contributed by atoms with Crippen molar-refractivity contribution in [3.05, 3.63) is 6.33 Å². The van der Waals surface area contributed by atoms with E-state index in [2.05, 4.69) is 19.2 Å². The molecule has 3 heterocycles. The summed E-state index contributed by atoms with van der Waals surface area (Å²) >= 11 is 1.26. The number of fused-ring (bicyclic) bond motifs is 1. The maximum atomic E-state index is 14.5. The van der Waals surface area contributed by atoms with Crippen molar-refractivity contribution in [3.63, 3.8) is 0 Å². The molecule has 4 atom stereocenters. The number of nitrogens with two attached hydrogens (primary N) is 2. The number of thioether (sulfide) groups is 1. The van der Waals surface area contributed by atoms with Crippen LogP contribution < -0.4 is 10.9 Å². The normalized spacial score (nSPS) is 27.2. The third kappa shape index (κ3) is 3.40. The molecule has 5 N–H and O–H groups in total. The van der Waals surface area contributed by atoms with Crippen molar-refractivity contribution in [3.8, 4) is 0 Å². The van der Waals surface area contributed by atoms with Crippen LogP contribution in [0, 0.1) is 0 Å².